The van der Waals surface area contributed by atoms with Crippen molar-refractivity contribution >= 4 is 38.3 Å². The van der Waals surface area contributed by atoms with Crippen LogP contribution in [0.25, 0.3) is 0 Å². The topological polar surface area (TPSA) is 90.4 Å². The van der Waals surface area contributed by atoms with Crippen molar-refractivity contribution in [3.63, 3.8) is 0 Å². The molecule has 0 bridgehead atoms. The van der Waals surface area contributed by atoms with Crippen molar-refractivity contribution in [2.45, 2.75) is 23.7 Å². The summed E-state index contributed by atoms with van der Waals surface area (Å²) in [6, 6.07) is 8.63. The Bertz CT molecular complexity index is 1140. The highest BCUT2D eigenvalue weighted by atomic mass is 35.5. The van der Waals surface area contributed by atoms with Gasteiger partial charge in [-0.05, 0) is 60.7 Å². The molecule has 3 aromatic rings. The molecule has 11 heteroatoms. The molecule has 7 nitrogen and oxygen atoms in total. The van der Waals surface area contributed by atoms with Crippen LogP contribution in [-0.4, -0.2) is 31.0 Å². The van der Waals surface area contributed by atoms with Crippen LogP contribution in [-0.2, 0) is 14.8 Å². The van der Waals surface area contributed by atoms with Gasteiger partial charge in [0.2, 0.25) is 5.13 Å². The highest BCUT2D eigenvalue weighted by Crippen LogP contribution is 2.38. The van der Waals surface area contributed by atoms with E-state index in [9.17, 15) is 12.8 Å². The second-order valence-corrected chi connectivity index (χ2v) is 9.51. The third-order valence-corrected chi connectivity index (χ3v) is 6.93. The molecular formula is C19H17ClFN3O4S2. The number of hydrogen-bond donors (Lipinski definition) is 1. The Morgan fingerprint density at radius 1 is 1.17 bits per heavy atom. The highest BCUT2D eigenvalue weighted by molar-refractivity contribution is 7.93. The maximum atomic E-state index is 14.7. The summed E-state index contributed by atoms with van der Waals surface area (Å²) in [7, 11) is -4.00. The van der Waals surface area contributed by atoms with E-state index in [-0.39, 0.29) is 21.7 Å². The second-order valence-electron chi connectivity index (χ2n) is 6.62. The Labute approximate surface area is 182 Å². The van der Waals surface area contributed by atoms with Gasteiger partial charge in [-0.15, -0.1) is 0 Å². The summed E-state index contributed by atoms with van der Waals surface area (Å²) in [4.78, 5) is 3.52. The molecule has 1 N–H and O–H groups in total. The van der Waals surface area contributed by atoms with Gasteiger partial charge in [-0.2, -0.15) is 4.37 Å². The summed E-state index contributed by atoms with van der Waals surface area (Å²) in [5.41, 5.74) is 0.875. The zero-order chi connectivity index (χ0) is 21.1. The van der Waals surface area contributed by atoms with Gasteiger partial charge in [-0.3, -0.25) is 4.72 Å². The normalized spacial score (nSPS) is 15.1. The number of benzene rings is 2. The minimum atomic E-state index is -4.00. The number of nitrogens with zero attached hydrogens (tertiary/aromatic N) is 2. The van der Waals surface area contributed by atoms with E-state index in [2.05, 4.69) is 14.1 Å². The lowest BCUT2D eigenvalue weighted by atomic mass is 9.91. The first-order valence-corrected chi connectivity index (χ1v) is 11.7. The predicted octanol–water partition coefficient (Wildman–Crippen LogP) is 4.82. The molecule has 158 valence electrons. The maximum absolute atomic E-state index is 14.7. The molecule has 2 heterocycles. The van der Waals surface area contributed by atoms with Crippen LogP contribution in [0.15, 0.2) is 47.6 Å². The standard InChI is InChI=1S/C19H17ClFN3O4S2/c20-13-1-3-17(15(9-13)12-5-7-27-8-6-12)28-18-4-2-14(10-16(18)21)30(25,26)24-19-22-11-23-29-19/h1-4,9-12H,5-8H2,(H,22,23,24). The van der Waals surface area contributed by atoms with Gasteiger partial charge in [-0.1, -0.05) is 11.6 Å². The average Bonchev–Trinajstić information content (AvgIpc) is 3.23. The van der Waals surface area contributed by atoms with E-state index < -0.39 is 15.8 Å². The van der Waals surface area contributed by atoms with Crippen LogP contribution < -0.4 is 9.46 Å². The molecule has 1 aliphatic rings. The zero-order valence-corrected chi connectivity index (χ0v) is 17.9. The summed E-state index contributed by atoms with van der Waals surface area (Å²) in [5.74, 6) is -0.220. The molecule has 0 atom stereocenters. The largest absolute Gasteiger partial charge is 0.454 e. The van der Waals surface area contributed by atoms with Crippen LogP contribution >= 0.6 is 23.1 Å². The molecule has 4 rings (SSSR count). The number of halogens is 2. The Balaban J connectivity index is 1.59. The molecule has 1 fully saturated rings. The smallest absolute Gasteiger partial charge is 0.263 e. The number of anilines is 1. The monoisotopic (exact) mass is 469 g/mol. The van der Waals surface area contributed by atoms with Crippen molar-refractivity contribution in [1.29, 1.82) is 0 Å². The van der Waals surface area contributed by atoms with Crippen molar-refractivity contribution < 1.29 is 22.3 Å². The van der Waals surface area contributed by atoms with Gasteiger partial charge < -0.3 is 9.47 Å². The van der Waals surface area contributed by atoms with Crippen molar-refractivity contribution in [1.82, 2.24) is 9.36 Å². The van der Waals surface area contributed by atoms with E-state index in [0.29, 0.717) is 24.0 Å². The Morgan fingerprint density at radius 2 is 1.93 bits per heavy atom. The minimum absolute atomic E-state index is 0.0829. The number of sulfonamides is 1. The third kappa shape index (κ3) is 4.72. The van der Waals surface area contributed by atoms with E-state index in [1.54, 1.807) is 12.1 Å². The SMILES string of the molecule is O=S(=O)(Nc1ncns1)c1ccc(Oc2ccc(Cl)cc2C2CCOCC2)c(F)c1. The number of rotatable bonds is 6. The van der Waals surface area contributed by atoms with Crippen molar-refractivity contribution in [2.24, 2.45) is 0 Å². The van der Waals surface area contributed by atoms with Crippen LogP contribution in [0.1, 0.15) is 24.3 Å². The quantitative estimate of drug-likeness (QED) is 0.556. The van der Waals surface area contributed by atoms with Crippen LogP contribution in [0.5, 0.6) is 11.5 Å². The summed E-state index contributed by atoms with van der Waals surface area (Å²) in [6.07, 6.45) is 2.85. The minimum Gasteiger partial charge on any atom is -0.454 e. The summed E-state index contributed by atoms with van der Waals surface area (Å²) < 4.78 is 56.7. The first-order chi connectivity index (χ1) is 14.4. The Morgan fingerprint density at radius 3 is 2.63 bits per heavy atom. The van der Waals surface area contributed by atoms with Crippen molar-refractivity contribution in [3.05, 3.63) is 59.1 Å². The van der Waals surface area contributed by atoms with Crippen LogP contribution in [0, 0.1) is 5.82 Å². The van der Waals surface area contributed by atoms with Crippen LogP contribution in [0.4, 0.5) is 9.52 Å². The lowest BCUT2D eigenvalue weighted by Crippen LogP contribution is -2.15. The van der Waals surface area contributed by atoms with Gasteiger partial charge in [-0.25, -0.2) is 17.8 Å². The van der Waals surface area contributed by atoms with E-state index in [1.165, 1.54) is 18.5 Å². The number of hydrogen-bond acceptors (Lipinski definition) is 7. The molecule has 2 aromatic carbocycles. The summed E-state index contributed by atoms with van der Waals surface area (Å²) >= 11 is 7.04. The molecule has 1 aliphatic heterocycles. The maximum Gasteiger partial charge on any atom is 0.263 e. The highest BCUT2D eigenvalue weighted by Gasteiger charge is 2.22. The molecule has 0 saturated carbocycles. The fourth-order valence-electron chi connectivity index (χ4n) is 3.18. The molecule has 30 heavy (non-hydrogen) atoms. The molecule has 0 radical (unpaired) electrons. The molecule has 0 spiro atoms. The lowest BCUT2D eigenvalue weighted by Gasteiger charge is -2.24. The molecule has 0 amide bonds. The summed E-state index contributed by atoms with van der Waals surface area (Å²) in [5, 5.41) is 0.659. The van der Waals surface area contributed by atoms with Crippen molar-refractivity contribution in [2.75, 3.05) is 17.9 Å². The Hall–Kier alpha value is -2.27. The van der Waals surface area contributed by atoms with E-state index in [0.717, 1.165) is 36.0 Å². The molecular weight excluding hydrogens is 453 g/mol. The van der Waals surface area contributed by atoms with Gasteiger partial charge in [0.15, 0.2) is 11.6 Å². The predicted molar refractivity (Wildman–Crippen MR) is 111 cm³/mol. The second kappa shape index (κ2) is 8.84. The molecule has 0 unspecified atom stereocenters. The average molecular weight is 470 g/mol. The molecule has 1 aromatic heterocycles. The van der Waals surface area contributed by atoms with Gasteiger partial charge in [0.1, 0.15) is 12.1 Å². The third-order valence-electron chi connectivity index (χ3n) is 4.65. The van der Waals surface area contributed by atoms with Crippen molar-refractivity contribution in [3.8, 4) is 11.5 Å². The van der Waals surface area contributed by atoms with Crippen LogP contribution in [0.3, 0.4) is 0 Å². The summed E-state index contributed by atoms with van der Waals surface area (Å²) in [6.45, 7) is 1.28. The number of nitrogens with one attached hydrogen (secondary N) is 1. The Kier molecular flexibility index (Phi) is 6.19. The van der Waals surface area contributed by atoms with Gasteiger partial charge in [0.25, 0.3) is 10.0 Å². The van der Waals surface area contributed by atoms with Gasteiger partial charge >= 0.3 is 0 Å². The number of ether oxygens (including phenoxy) is 2. The van der Waals surface area contributed by atoms with Gasteiger partial charge in [0.05, 0.1) is 4.90 Å². The first-order valence-electron chi connectivity index (χ1n) is 9.06. The van der Waals surface area contributed by atoms with E-state index in [4.69, 9.17) is 21.1 Å². The zero-order valence-electron chi connectivity index (χ0n) is 15.5. The fourth-order valence-corrected chi connectivity index (χ4v) is 5.04. The molecule has 0 aliphatic carbocycles. The molecule has 1 saturated heterocycles. The number of aromatic nitrogens is 2. The van der Waals surface area contributed by atoms with Gasteiger partial charge in [0, 0.05) is 29.8 Å². The van der Waals surface area contributed by atoms with Crippen LogP contribution in [0.2, 0.25) is 5.02 Å². The van der Waals surface area contributed by atoms with E-state index >= 15 is 0 Å². The van der Waals surface area contributed by atoms with E-state index in [1.807, 2.05) is 6.07 Å². The fraction of sp³-hybridized carbons (Fsp3) is 0.263. The first kappa shape index (κ1) is 21.0. The lowest BCUT2D eigenvalue weighted by molar-refractivity contribution is 0.0849.